The smallest absolute Gasteiger partial charge is 0.0871 e. The van der Waals surface area contributed by atoms with Gasteiger partial charge in [0.15, 0.2) is 0 Å². The third-order valence-electron chi connectivity index (χ3n) is 2.95. The zero-order chi connectivity index (χ0) is 11.5. The number of aromatic amines is 1. The van der Waals surface area contributed by atoms with Crippen molar-refractivity contribution in [3.63, 3.8) is 0 Å². The first kappa shape index (κ1) is 10.1. The van der Waals surface area contributed by atoms with Crippen LogP contribution in [0.15, 0.2) is 36.9 Å². The Bertz CT molecular complexity index is 395. The van der Waals surface area contributed by atoms with Crippen LogP contribution in [0.1, 0.15) is 11.4 Å². The van der Waals surface area contributed by atoms with E-state index in [1.807, 2.05) is 12.4 Å². The second kappa shape index (κ2) is 4.45. The van der Waals surface area contributed by atoms with Gasteiger partial charge in [-0.3, -0.25) is 0 Å². The summed E-state index contributed by atoms with van der Waals surface area (Å²) < 4.78 is 0. The van der Waals surface area contributed by atoms with Crippen LogP contribution in [-0.4, -0.2) is 28.1 Å². The lowest BCUT2D eigenvalue weighted by molar-refractivity contribution is 0.372. The Morgan fingerprint density at radius 3 is 1.82 bits per heavy atom. The van der Waals surface area contributed by atoms with Crippen molar-refractivity contribution >= 4 is 0 Å². The van der Waals surface area contributed by atoms with Crippen molar-refractivity contribution in [3.05, 3.63) is 48.3 Å². The molecule has 3 rings (SSSR count). The fourth-order valence-corrected chi connectivity index (χ4v) is 2.09. The summed E-state index contributed by atoms with van der Waals surface area (Å²) in [6.45, 7) is 3.65. The summed E-state index contributed by atoms with van der Waals surface area (Å²) >= 11 is 0. The van der Waals surface area contributed by atoms with Crippen molar-refractivity contribution in [2.45, 2.75) is 13.1 Å². The van der Waals surface area contributed by atoms with Gasteiger partial charge in [-0.1, -0.05) is 0 Å². The molecule has 5 heteroatoms. The van der Waals surface area contributed by atoms with Gasteiger partial charge >= 0.3 is 0 Å². The fourth-order valence-electron chi connectivity index (χ4n) is 2.09. The van der Waals surface area contributed by atoms with Gasteiger partial charge in [0, 0.05) is 36.2 Å². The highest BCUT2D eigenvalue weighted by Crippen LogP contribution is 2.10. The van der Waals surface area contributed by atoms with Crippen LogP contribution in [0.5, 0.6) is 0 Å². The van der Waals surface area contributed by atoms with Crippen LogP contribution in [0.3, 0.4) is 0 Å². The third-order valence-corrected chi connectivity index (χ3v) is 2.95. The molecule has 2 aliphatic rings. The summed E-state index contributed by atoms with van der Waals surface area (Å²) in [6, 6.07) is 4.32. The molecule has 1 aromatic heterocycles. The van der Waals surface area contributed by atoms with Gasteiger partial charge in [0.05, 0.1) is 26.4 Å². The van der Waals surface area contributed by atoms with Crippen LogP contribution in [0.4, 0.5) is 0 Å². The number of nitrogens with zero attached hydrogens (tertiary/aromatic N) is 2. The molecule has 0 bridgehead atoms. The molecule has 3 heterocycles. The molecule has 0 atom stereocenters. The van der Waals surface area contributed by atoms with Crippen LogP contribution in [-0.2, 0) is 13.1 Å². The Kier molecular flexibility index (Phi) is 2.65. The largest absolute Gasteiger partial charge is 0.373 e. The molecule has 0 spiro atoms. The lowest BCUT2D eigenvalue weighted by Gasteiger charge is -2.14. The normalized spacial score (nSPS) is 17.6. The fraction of sp³-hybridized carbons (Fsp3) is 0.333. The van der Waals surface area contributed by atoms with Gasteiger partial charge in [-0.15, -0.1) is 0 Å². The van der Waals surface area contributed by atoms with Gasteiger partial charge in [-0.2, -0.15) is 0 Å². The van der Waals surface area contributed by atoms with Crippen molar-refractivity contribution in [1.82, 2.24) is 25.4 Å². The summed E-state index contributed by atoms with van der Waals surface area (Å²) in [5.41, 5.74) is 2.51. The molecule has 17 heavy (non-hydrogen) atoms. The van der Waals surface area contributed by atoms with E-state index in [1.165, 1.54) is 11.4 Å². The van der Waals surface area contributed by atoms with E-state index in [1.54, 1.807) is 0 Å². The molecule has 5 nitrogen and oxygen atoms in total. The Labute approximate surface area is 101 Å². The molecule has 0 saturated heterocycles. The van der Waals surface area contributed by atoms with Crippen LogP contribution < -0.4 is 10.6 Å². The van der Waals surface area contributed by atoms with Crippen LogP contribution >= 0.6 is 0 Å². The highest BCUT2D eigenvalue weighted by Gasteiger charge is 2.08. The van der Waals surface area contributed by atoms with Crippen molar-refractivity contribution in [2.75, 3.05) is 13.3 Å². The number of hydrogen-bond acceptors (Lipinski definition) is 4. The number of nitrogens with one attached hydrogen (secondary N) is 3. The SMILES string of the molecule is C1=CN(Cc2ccc(CN3C=CNC3)[nH]2)CN1. The minimum Gasteiger partial charge on any atom is -0.373 e. The first-order chi connectivity index (χ1) is 8.40. The summed E-state index contributed by atoms with van der Waals surface area (Å²) in [5, 5.41) is 6.33. The lowest BCUT2D eigenvalue weighted by atomic mass is 10.4. The third kappa shape index (κ3) is 2.38. The number of H-pyrrole nitrogens is 1. The summed E-state index contributed by atoms with van der Waals surface area (Å²) in [4.78, 5) is 7.92. The van der Waals surface area contributed by atoms with E-state index in [9.17, 15) is 0 Å². The van der Waals surface area contributed by atoms with E-state index in [0.717, 1.165) is 26.4 Å². The van der Waals surface area contributed by atoms with E-state index in [0.29, 0.717) is 0 Å². The molecule has 0 unspecified atom stereocenters. The van der Waals surface area contributed by atoms with E-state index in [-0.39, 0.29) is 0 Å². The number of rotatable bonds is 4. The maximum absolute atomic E-state index is 3.46. The van der Waals surface area contributed by atoms with Crippen LogP contribution in [0, 0.1) is 0 Å². The quantitative estimate of drug-likeness (QED) is 0.713. The van der Waals surface area contributed by atoms with Crippen LogP contribution in [0.25, 0.3) is 0 Å². The Balaban J connectivity index is 1.57. The molecule has 0 radical (unpaired) electrons. The average molecular weight is 231 g/mol. The zero-order valence-corrected chi connectivity index (χ0v) is 9.69. The minimum atomic E-state index is 0.896. The molecule has 0 aromatic carbocycles. The molecule has 0 fully saturated rings. The molecule has 0 aliphatic carbocycles. The second-order valence-corrected chi connectivity index (χ2v) is 4.36. The van der Waals surface area contributed by atoms with Gasteiger partial charge in [-0.25, -0.2) is 0 Å². The summed E-state index contributed by atoms with van der Waals surface area (Å²) in [7, 11) is 0. The Hall–Kier alpha value is -2.04. The van der Waals surface area contributed by atoms with E-state index < -0.39 is 0 Å². The number of aromatic nitrogens is 1. The van der Waals surface area contributed by atoms with Crippen molar-refractivity contribution in [1.29, 1.82) is 0 Å². The molecular weight excluding hydrogens is 214 g/mol. The van der Waals surface area contributed by atoms with E-state index in [2.05, 4.69) is 50.0 Å². The summed E-state index contributed by atoms with van der Waals surface area (Å²) in [6.07, 6.45) is 8.11. The van der Waals surface area contributed by atoms with Gasteiger partial charge in [0.2, 0.25) is 0 Å². The predicted octanol–water partition coefficient (Wildman–Crippen LogP) is 0.683. The standard InChI is InChI=1S/C12H17N5/c1-2-12(8-17-6-4-14-10-17)15-11(1)7-16-5-3-13-9-16/h1-6,13-15H,7-10H2. The summed E-state index contributed by atoms with van der Waals surface area (Å²) in [5.74, 6) is 0. The molecule has 2 aliphatic heterocycles. The molecule has 0 saturated carbocycles. The Morgan fingerprint density at radius 1 is 0.882 bits per heavy atom. The second-order valence-electron chi connectivity index (χ2n) is 4.36. The van der Waals surface area contributed by atoms with Gasteiger partial charge < -0.3 is 25.4 Å². The van der Waals surface area contributed by atoms with Gasteiger partial charge in [0.25, 0.3) is 0 Å². The molecular formula is C12H17N5. The van der Waals surface area contributed by atoms with Crippen molar-refractivity contribution < 1.29 is 0 Å². The average Bonchev–Trinajstić information content (AvgIpc) is 3.02. The van der Waals surface area contributed by atoms with Gasteiger partial charge in [0.1, 0.15) is 0 Å². The molecule has 1 aromatic rings. The number of hydrogen-bond donors (Lipinski definition) is 3. The lowest BCUT2D eigenvalue weighted by Crippen LogP contribution is -2.21. The van der Waals surface area contributed by atoms with Crippen LogP contribution in [0.2, 0.25) is 0 Å². The monoisotopic (exact) mass is 231 g/mol. The molecule has 90 valence electrons. The van der Waals surface area contributed by atoms with Gasteiger partial charge in [-0.05, 0) is 12.1 Å². The predicted molar refractivity (Wildman–Crippen MR) is 66.2 cm³/mol. The highest BCUT2D eigenvalue weighted by atomic mass is 15.3. The topological polar surface area (TPSA) is 46.3 Å². The minimum absolute atomic E-state index is 0.896. The molecule has 3 N–H and O–H groups in total. The van der Waals surface area contributed by atoms with E-state index >= 15 is 0 Å². The first-order valence-electron chi connectivity index (χ1n) is 5.85. The maximum atomic E-state index is 3.46. The highest BCUT2D eigenvalue weighted by molar-refractivity contribution is 5.14. The van der Waals surface area contributed by atoms with Crippen molar-refractivity contribution in [2.24, 2.45) is 0 Å². The Morgan fingerprint density at radius 2 is 1.41 bits per heavy atom. The maximum Gasteiger partial charge on any atom is 0.0871 e. The van der Waals surface area contributed by atoms with Crippen molar-refractivity contribution in [3.8, 4) is 0 Å². The first-order valence-corrected chi connectivity index (χ1v) is 5.85. The molecule has 0 amide bonds. The zero-order valence-electron chi connectivity index (χ0n) is 9.69. The van der Waals surface area contributed by atoms with E-state index in [4.69, 9.17) is 0 Å².